The Morgan fingerprint density at radius 1 is 0.872 bits per heavy atom. The first-order valence-electron chi connectivity index (χ1n) is 16.4. The average Bonchev–Trinajstić information content (AvgIpc) is 2.89. The van der Waals surface area contributed by atoms with E-state index in [4.69, 9.17) is 0 Å². The van der Waals surface area contributed by atoms with E-state index in [-0.39, 0.29) is 27.1 Å². The molecule has 1 aliphatic heterocycles. The lowest BCUT2D eigenvalue weighted by Gasteiger charge is -2.71. The van der Waals surface area contributed by atoms with Gasteiger partial charge in [0, 0.05) is 38.0 Å². The number of hydrogen-bond acceptors (Lipinski definition) is 3. The first-order valence-corrected chi connectivity index (χ1v) is 16.4. The fourth-order valence-corrected chi connectivity index (χ4v) is 12.0. The second-order valence-electron chi connectivity index (χ2n) is 16.5. The molecule has 1 amide bonds. The van der Waals surface area contributed by atoms with E-state index < -0.39 is 0 Å². The highest BCUT2D eigenvalue weighted by Crippen LogP contribution is 2.75. The molecule has 0 aromatic carbocycles. The molecule has 0 N–H and O–H groups in total. The topological polar surface area (TPSA) is 40.6 Å². The number of nitrogens with zero attached hydrogens (tertiary/aromatic N) is 2. The largest absolute Gasteiger partial charge is 0.340 e. The van der Waals surface area contributed by atoms with Gasteiger partial charge in [-0.15, -0.1) is 0 Å². The van der Waals surface area contributed by atoms with Crippen molar-refractivity contribution in [3.05, 3.63) is 11.6 Å². The number of fused-ring (bicyclic) bond motifs is 7. The van der Waals surface area contributed by atoms with Crippen molar-refractivity contribution in [1.29, 1.82) is 0 Å². The van der Waals surface area contributed by atoms with Gasteiger partial charge < -0.3 is 9.80 Å². The lowest BCUT2D eigenvalue weighted by atomic mass is 9.33. The maximum absolute atomic E-state index is 14.6. The number of Topliss-reactive ketones (excluding diaryl/α,β-unsaturated/α-hetero) is 1. The zero-order valence-corrected chi connectivity index (χ0v) is 26.4. The minimum Gasteiger partial charge on any atom is -0.340 e. The van der Waals surface area contributed by atoms with Gasteiger partial charge in [0.25, 0.3) is 0 Å². The number of hydrogen-bond donors (Lipinski definition) is 0. The van der Waals surface area contributed by atoms with E-state index in [0.717, 1.165) is 64.7 Å². The van der Waals surface area contributed by atoms with E-state index in [1.165, 1.54) is 19.3 Å². The summed E-state index contributed by atoms with van der Waals surface area (Å²) in [4.78, 5) is 32.3. The van der Waals surface area contributed by atoms with Gasteiger partial charge in [-0.2, -0.15) is 0 Å². The molecule has 0 aromatic heterocycles. The monoisotopic (exact) mass is 536 g/mol. The normalized spacial score (nSPS) is 49.7. The summed E-state index contributed by atoms with van der Waals surface area (Å²) in [5, 5.41) is 0. The van der Waals surface area contributed by atoms with Crippen LogP contribution >= 0.6 is 0 Å². The minimum atomic E-state index is -0.212. The third-order valence-electron chi connectivity index (χ3n) is 15.0. The summed E-state index contributed by atoms with van der Waals surface area (Å²) in [7, 11) is 2.18. The molecular weight excluding hydrogens is 480 g/mol. The predicted molar refractivity (Wildman–Crippen MR) is 158 cm³/mol. The zero-order valence-electron chi connectivity index (χ0n) is 26.4. The molecule has 4 nitrogen and oxygen atoms in total. The Balaban J connectivity index is 1.41. The summed E-state index contributed by atoms with van der Waals surface area (Å²) in [5.74, 6) is 3.65. The Morgan fingerprint density at radius 2 is 1.56 bits per heavy atom. The lowest BCUT2D eigenvalue weighted by Crippen LogP contribution is -2.66. The van der Waals surface area contributed by atoms with E-state index in [0.29, 0.717) is 41.3 Å². The number of rotatable bonds is 1. The van der Waals surface area contributed by atoms with Crippen molar-refractivity contribution in [2.24, 2.45) is 56.7 Å². The number of carbonyl (C=O) groups is 2. The van der Waals surface area contributed by atoms with Crippen LogP contribution in [0.2, 0.25) is 0 Å². The molecule has 1 saturated heterocycles. The van der Waals surface area contributed by atoms with Crippen molar-refractivity contribution in [2.45, 2.75) is 106 Å². The number of amides is 1. The van der Waals surface area contributed by atoms with E-state index in [9.17, 15) is 9.59 Å². The maximum atomic E-state index is 14.6. The summed E-state index contributed by atoms with van der Waals surface area (Å²) in [6, 6.07) is 0. The highest BCUT2D eigenvalue weighted by molar-refractivity contribution is 5.86. The van der Waals surface area contributed by atoms with Gasteiger partial charge in [-0.3, -0.25) is 9.59 Å². The number of likely N-dealkylation sites (N-methyl/N-ethyl adjacent to an activating group) is 1. The SMILES string of the molecule is C[C@H]1[C@H]2C3=CC[C@@H]4[C@@]5(C)CCC(=O)C(C)(C)[C@@H]5CC[C@@]4(C)[C@]3(C)CC[C@@]2(C(=O)N2CCN(C)CC2)CC[C@@H]1C. The van der Waals surface area contributed by atoms with E-state index >= 15 is 0 Å². The highest BCUT2D eigenvalue weighted by Gasteiger charge is 2.69. The van der Waals surface area contributed by atoms with Crippen LogP contribution in [0.5, 0.6) is 0 Å². The molecule has 4 saturated carbocycles. The molecule has 218 valence electrons. The molecule has 39 heavy (non-hydrogen) atoms. The summed E-state index contributed by atoms with van der Waals surface area (Å²) in [6.45, 7) is 21.0. The van der Waals surface area contributed by atoms with Gasteiger partial charge in [-0.25, -0.2) is 0 Å². The van der Waals surface area contributed by atoms with E-state index in [1.807, 2.05) is 0 Å². The number of allylic oxidation sites excluding steroid dienone is 2. The summed E-state index contributed by atoms with van der Waals surface area (Å²) >= 11 is 0. The number of piperazine rings is 1. The van der Waals surface area contributed by atoms with E-state index in [2.05, 4.69) is 71.4 Å². The summed E-state index contributed by atoms with van der Waals surface area (Å²) in [5.41, 5.74) is 1.83. The Morgan fingerprint density at radius 3 is 2.26 bits per heavy atom. The molecule has 0 spiro atoms. The Bertz CT molecular complexity index is 1070. The third kappa shape index (κ3) is 3.58. The fourth-order valence-electron chi connectivity index (χ4n) is 12.0. The Hall–Kier alpha value is -1.16. The van der Waals surface area contributed by atoms with Gasteiger partial charge in [0.15, 0.2) is 0 Å². The second kappa shape index (κ2) is 8.92. The number of ketones is 1. The van der Waals surface area contributed by atoms with Crippen LogP contribution in [0.1, 0.15) is 106 Å². The van der Waals surface area contributed by atoms with Crippen LogP contribution in [-0.4, -0.2) is 54.7 Å². The van der Waals surface area contributed by atoms with Crippen LogP contribution in [0, 0.1) is 56.7 Å². The van der Waals surface area contributed by atoms with E-state index in [1.54, 1.807) is 5.57 Å². The average molecular weight is 537 g/mol. The molecule has 1 heterocycles. The molecule has 5 fully saturated rings. The molecule has 0 aromatic rings. The second-order valence-corrected chi connectivity index (χ2v) is 16.5. The van der Waals surface area contributed by atoms with Crippen LogP contribution in [0.25, 0.3) is 0 Å². The van der Waals surface area contributed by atoms with Crippen LogP contribution in [-0.2, 0) is 9.59 Å². The van der Waals surface area contributed by atoms with Gasteiger partial charge in [-0.05, 0) is 104 Å². The molecule has 0 unspecified atom stereocenters. The van der Waals surface area contributed by atoms with Crippen LogP contribution in [0.4, 0.5) is 0 Å². The number of carbonyl (C=O) groups excluding carboxylic acids is 2. The van der Waals surface area contributed by atoms with Gasteiger partial charge >= 0.3 is 0 Å². The van der Waals surface area contributed by atoms with Crippen LogP contribution in [0.3, 0.4) is 0 Å². The van der Waals surface area contributed by atoms with Crippen LogP contribution in [0.15, 0.2) is 11.6 Å². The molecule has 4 heteroatoms. The first kappa shape index (κ1) is 28.0. The standard InChI is InChI=1S/C35H56N2O2/c1-23-11-16-35(30(39)37-21-19-36(8)20-22-37)18-17-33(6)25(29(35)24(23)2)9-10-27-32(5)14-13-28(38)31(3,4)26(32)12-15-34(27,33)7/h9,23-24,26-27,29H,10-22H2,1-8H3/t23-,24+,26-,27+,29-,32-,33+,34+,35-/m0/s1. The van der Waals surface area contributed by atoms with Crippen molar-refractivity contribution in [1.82, 2.24) is 9.80 Å². The molecule has 0 bridgehead atoms. The van der Waals surface area contributed by atoms with Crippen molar-refractivity contribution < 1.29 is 9.59 Å². The predicted octanol–water partition coefficient (Wildman–Crippen LogP) is 6.99. The van der Waals surface area contributed by atoms with Crippen molar-refractivity contribution >= 4 is 11.7 Å². The van der Waals surface area contributed by atoms with Crippen molar-refractivity contribution in [3.63, 3.8) is 0 Å². The van der Waals surface area contributed by atoms with Gasteiger partial charge in [0.05, 0.1) is 5.41 Å². The maximum Gasteiger partial charge on any atom is 0.229 e. The summed E-state index contributed by atoms with van der Waals surface area (Å²) in [6.07, 6.45) is 12.5. The lowest BCUT2D eigenvalue weighted by molar-refractivity contribution is -0.189. The first-order chi connectivity index (χ1) is 18.2. The fraction of sp³-hybridized carbons (Fsp3) is 0.886. The van der Waals surface area contributed by atoms with Crippen molar-refractivity contribution in [3.8, 4) is 0 Å². The van der Waals surface area contributed by atoms with Crippen LogP contribution < -0.4 is 0 Å². The van der Waals surface area contributed by atoms with Gasteiger partial charge in [-0.1, -0.05) is 60.1 Å². The molecule has 5 aliphatic carbocycles. The Labute approximate surface area is 238 Å². The molecule has 6 rings (SSSR count). The van der Waals surface area contributed by atoms with Gasteiger partial charge in [0.2, 0.25) is 5.91 Å². The molecule has 0 radical (unpaired) electrons. The summed E-state index contributed by atoms with van der Waals surface area (Å²) < 4.78 is 0. The molecule has 9 atom stereocenters. The Kier molecular flexibility index (Phi) is 6.40. The third-order valence-corrected chi connectivity index (χ3v) is 15.0. The molecule has 6 aliphatic rings. The minimum absolute atomic E-state index is 0.136. The zero-order chi connectivity index (χ0) is 28.2. The molecular formula is C35H56N2O2. The van der Waals surface area contributed by atoms with Crippen molar-refractivity contribution in [2.75, 3.05) is 33.2 Å². The highest BCUT2D eigenvalue weighted by atomic mass is 16.2. The smallest absolute Gasteiger partial charge is 0.229 e. The quantitative estimate of drug-likeness (QED) is 0.339. The van der Waals surface area contributed by atoms with Gasteiger partial charge in [0.1, 0.15) is 5.78 Å².